The number of benzene rings is 2. The molecule has 3 N–H and O–H groups in total. The molecule has 0 saturated heterocycles. The summed E-state index contributed by atoms with van der Waals surface area (Å²) >= 11 is 6.10. The van der Waals surface area contributed by atoms with E-state index in [9.17, 15) is 4.79 Å². The van der Waals surface area contributed by atoms with Crippen molar-refractivity contribution in [2.24, 2.45) is 0 Å². The van der Waals surface area contributed by atoms with Gasteiger partial charge in [0.05, 0.1) is 11.6 Å². The van der Waals surface area contributed by atoms with Gasteiger partial charge in [-0.25, -0.2) is 0 Å². The van der Waals surface area contributed by atoms with Crippen LogP contribution in [-0.4, -0.2) is 12.5 Å². The summed E-state index contributed by atoms with van der Waals surface area (Å²) in [6.45, 7) is 4.23. The Morgan fingerprint density at radius 3 is 2.76 bits per heavy atom. The van der Waals surface area contributed by atoms with Crippen molar-refractivity contribution in [3.8, 4) is 5.75 Å². The number of carbonyl (C=O) groups is 1. The van der Waals surface area contributed by atoms with E-state index in [0.29, 0.717) is 34.3 Å². The molecular weight excluding hydrogens is 288 g/mol. The third-order valence-electron chi connectivity index (χ3n) is 3.11. The smallest absolute Gasteiger partial charge is 0.256 e. The number of ether oxygens (including phenoxy) is 1. The van der Waals surface area contributed by atoms with Crippen molar-refractivity contribution < 1.29 is 9.53 Å². The maximum atomic E-state index is 12.3. The maximum absolute atomic E-state index is 12.3. The number of hydrogen-bond acceptors (Lipinski definition) is 3. The van der Waals surface area contributed by atoms with Gasteiger partial charge in [0.1, 0.15) is 5.75 Å². The average molecular weight is 305 g/mol. The Labute approximate surface area is 128 Å². The summed E-state index contributed by atoms with van der Waals surface area (Å²) in [5.74, 6) is 0.373. The van der Waals surface area contributed by atoms with Gasteiger partial charge in [-0.15, -0.1) is 0 Å². The summed E-state index contributed by atoms with van der Waals surface area (Å²) in [5.41, 5.74) is 8.31. The molecule has 0 aliphatic rings. The van der Waals surface area contributed by atoms with Crippen molar-refractivity contribution in [1.82, 2.24) is 0 Å². The van der Waals surface area contributed by atoms with Crippen LogP contribution in [0.25, 0.3) is 0 Å². The van der Waals surface area contributed by atoms with Gasteiger partial charge >= 0.3 is 0 Å². The van der Waals surface area contributed by atoms with Crippen molar-refractivity contribution in [2.45, 2.75) is 13.8 Å². The molecule has 110 valence electrons. The molecule has 0 aromatic heterocycles. The lowest BCUT2D eigenvalue weighted by Gasteiger charge is -2.11. The highest BCUT2D eigenvalue weighted by Crippen LogP contribution is 2.28. The van der Waals surface area contributed by atoms with Crippen LogP contribution >= 0.6 is 11.6 Å². The first kappa shape index (κ1) is 15.2. The molecule has 0 saturated carbocycles. The number of halogens is 1. The Balaban J connectivity index is 2.20. The van der Waals surface area contributed by atoms with Crippen LogP contribution < -0.4 is 15.8 Å². The molecule has 0 heterocycles. The van der Waals surface area contributed by atoms with Crippen molar-refractivity contribution in [2.75, 3.05) is 17.7 Å². The number of amides is 1. The van der Waals surface area contributed by atoms with Crippen LogP contribution in [-0.2, 0) is 0 Å². The Bertz CT molecular complexity index is 671. The fraction of sp³-hybridized carbons (Fsp3) is 0.188. The van der Waals surface area contributed by atoms with E-state index < -0.39 is 0 Å². The van der Waals surface area contributed by atoms with Gasteiger partial charge in [-0.1, -0.05) is 17.7 Å². The second-order valence-corrected chi connectivity index (χ2v) is 4.96. The molecule has 0 bridgehead atoms. The zero-order valence-corrected chi connectivity index (χ0v) is 12.7. The molecule has 1 amide bonds. The first-order valence-corrected chi connectivity index (χ1v) is 6.99. The largest absolute Gasteiger partial charge is 0.492 e. The molecule has 21 heavy (non-hydrogen) atoms. The van der Waals surface area contributed by atoms with Gasteiger partial charge in [0.2, 0.25) is 0 Å². The highest BCUT2D eigenvalue weighted by molar-refractivity contribution is 6.32. The minimum atomic E-state index is -0.222. The molecule has 2 rings (SSSR count). The van der Waals surface area contributed by atoms with Crippen molar-refractivity contribution in [3.63, 3.8) is 0 Å². The normalized spacial score (nSPS) is 10.2. The average Bonchev–Trinajstić information content (AvgIpc) is 2.45. The van der Waals surface area contributed by atoms with Crippen LogP contribution in [0.3, 0.4) is 0 Å². The molecule has 0 spiro atoms. The Hall–Kier alpha value is -2.20. The fourth-order valence-corrected chi connectivity index (χ4v) is 2.18. The summed E-state index contributed by atoms with van der Waals surface area (Å²) < 4.78 is 5.35. The van der Waals surface area contributed by atoms with Crippen LogP contribution in [0.1, 0.15) is 22.8 Å². The second-order valence-electron chi connectivity index (χ2n) is 4.55. The predicted molar refractivity (Wildman–Crippen MR) is 86.2 cm³/mol. The first-order chi connectivity index (χ1) is 10.0. The lowest BCUT2D eigenvalue weighted by Crippen LogP contribution is -2.14. The van der Waals surface area contributed by atoms with Crippen molar-refractivity contribution in [1.29, 1.82) is 0 Å². The molecule has 0 fully saturated rings. The summed E-state index contributed by atoms with van der Waals surface area (Å²) in [4.78, 5) is 12.3. The lowest BCUT2D eigenvalue weighted by molar-refractivity contribution is 0.102. The van der Waals surface area contributed by atoms with Gasteiger partial charge in [0.25, 0.3) is 5.91 Å². The monoisotopic (exact) mass is 304 g/mol. The molecular formula is C16H17ClN2O2. The number of nitrogens with one attached hydrogen (secondary N) is 1. The molecule has 2 aromatic carbocycles. The lowest BCUT2D eigenvalue weighted by atomic mass is 10.1. The van der Waals surface area contributed by atoms with E-state index in [4.69, 9.17) is 22.1 Å². The molecule has 0 aliphatic carbocycles. The molecule has 0 atom stereocenters. The molecule has 4 nitrogen and oxygen atoms in total. The van der Waals surface area contributed by atoms with E-state index in [0.717, 1.165) is 5.56 Å². The summed E-state index contributed by atoms with van der Waals surface area (Å²) in [5, 5.41) is 3.26. The Morgan fingerprint density at radius 2 is 2.10 bits per heavy atom. The van der Waals surface area contributed by atoms with Crippen LogP contribution in [0.5, 0.6) is 5.75 Å². The second kappa shape index (κ2) is 6.50. The standard InChI is InChI=1S/C16H17ClN2O2/c1-3-21-15-8-7-11(9-13(15)17)19-16(20)12-5-4-6-14(18)10(12)2/h4-9H,3,18H2,1-2H3,(H,19,20). The van der Waals surface area contributed by atoms with Gasteiger partial charge in [-0.3, -0.25) is 4.79 Å². The van der Waals surface area contributed by atoms with Crippen molar-refractivity contribution >= 4 is 28.9 Å². The van der Waals surface area contributed by atoms with E-state index in [1.54, 1.807) is 36.4 Å². The topological polar surface area (TPSA) is 64.3 Å². The molecule has 0 aliphatic heterocycles. The fourth-order valence-electron chi connectivity index (χ4n) is 1.95. The summed E-state index contributed by atoms with van der Waals surface area (Å²) in [6.07, 6.45) is 0. The number of nitrogens with two attached hydrogens (primary N) is 1. The van der Waals surface area contributed by atoms with E-state index in [-0.39, 0.29) is 5.91 Å². The third kappa shape index (κ3) is 3.47. The minimum Gasteiger partial charge on any atom is -0.492 e. The van der Waals surface area contributed by atoms with Crippen LogP contribution in [0.4, 0.5) is 11.4 Å². The van der Waals surface area contributed by atoms with Crippen molar-refractivity contribution in [3.05, 3.63) is 52.5 Å². The van der Waals surface area contributed by atoms with Crippen LogP contribution in [0, 0.1) is 6.92 Å². The van der Waals surface area contributed by atoms with E-state index in [1.165, 1.54) is 0 Å². The van der Waals surface area contributed by atoms with Gasteiger partial charge in [-0.2, -0.15) is 0 Å². The van der Waals surface area contributed by atoms with Gasteiger partial charge in [0, 0.05) is 16.9 Å². The van der Waals surface area contributed by atoms with Gasteiger partial charge in [-0.05, 0) is 49.7 Å². The number of hydrogen-bond donors (Lipinski definition) is 2. The van der Waals surface area contributed by atoms with Gasteiger partial charge in [0.15, 0.2) is 0 Å². The van der Waals surface area contributed by atoms with Crippen LogP contribution in [0.2, 0.25) is 5.02 Å². The highest BCUT2D eigenvalue weighted by Gasteiger charge is 2.11. The predicted octanol–water partition coefficient (Wildman–Crippen LogP) is 3.88. The molecule has 0 unspecified atom stereocenters. The Kier molecular flexibility index (Phi) is 4.70. The third-order valence-corrected chi connectivity index (χ3v) is 3.41. The SMILES string of the molecule is CCOc1ccc(NC(=O)c2cccc(N)c2C)cc1Cl. The van der Waals surface area contributed by atoms with Gasteiger partial charge < -0.3 is 15.8 Å². The summed E-state index contributed by atoms with van der Waals surface area (Å²) in [7, 11) is 0. The van der Waals surface area contributed by atoms with E-state index >= 15 is 0 Å². The quantitative estimate of drug-likeness (QED) is 0.842. The molecule has 2 aromatic rings. The van der Waals surface area contributed by atoms with E-state index in [2.05, 4.69) is 5.32 Å². The summed E-state index contributed by atoms with van der Waals surface area (Å²) in [6, 6.07) is 10.4. The zero-order chi connectivity index (χ0) is 15.4. The maximum Gasteiger partial charge on any atom is 0.256 e. The molecule has 0 radical (unpaired) electrons. The minimum absolute atomic E-state index is 0.222. The number of rotatable bonds is 4. The van der Waals surface area contributed by atoms with Crippen LogP contribution in [0.15, 0.2) is 36.4 Å². The molecule has 5 heteroatoms. The number of carbonyl (C=O) groups excluding carboxylic acids is 1. The zero-order valence-electron chi connectivity index (χ0n) is 11.9. The number of anilines is 2. The van der Waals surface area contributed by atoms with E-state index in [1.807, 2.05) is 13.8 Å². The first-order valence-electron chi connectivity index (χ1n) is 6.61. The highest BCUT2D eigenvalue weighted by atomic mass is 35.5. The Morgan fingerprint density at radius 1 is 1.33 bits per heavy atom. The number of nitrogen functional groups attached to an aromatic ring is 1.